The molecule has 0 unspecified atom stereocenters. The number of carbonyl (C=O) groups excluding carboxylic acids is 1. The summed E-state index contributed by atoms with van der Waals surface area (Å²) in [6.07, 6.45) is 1.40. The van der Waals surface area contributed by atoms with E-state index in [0.29, 0.717) is 21.1 Å². The van der Waals surface area contributed by atoms with Crippen LogP contribution in [0.2, 0.25) is 5.02 Å². The molecule has 0 radical (unpaired) electrons. The summed E-state index contributed by atoms with van der Waals surface area (Å²) in [6.45, 7) is 3.48. The van der Waals surface area contributed by atoms with Crippen molar-refractivity contribution in [2.45, 2.75) is 19.9 Å². The van der Waals surface area contributed by atoms with Crippen molar-refractivity contribution in [3.8, 4) is 11.5 Å². The van der Waals surface area contributed by atoms with Gasteiger partial charge < -0.3 is 14.2 Å². The number of hydrogen-bond donors (Lipinski definition) is 0. The van der Waals surface area contributed by atoms with Gasteiger partial charge in [-0.15, -0.1) is 0 Å². The number of nitro groups is 1. The normalized spacial score (nSPS) is 15.2. The molecule has 0 bridgehead atoms. The van der Waals surface area contributed by atoms with Gasteiger partial charge >= 0.3 is 5.97 Å². The Bertz CT molecular complexity index is 1620. The van der Waals surface area contributed by atoms with Crippen LogP contribution in [0.25, 0.3) is 6.08 Å². The second-order valence-corrected chi connectivity index (χ2v) is 9.26. The smallest absolute Gasteiger partial charge is 0.338 e. The summed E-state index contributed by atoms with van der Waals surface area (Å²) < 4.78 is 17.3. The number of aromatic nitrogens is 1. The molecule has 1 aliphatic rings. The number of nitrogens with zero attached hydrogens (tertiary/aromatic N) is 3. The van der Waals surface area contributed by atoms with Crippen molar-refractivity contribution < 1.29 is 23.9 Å². The molecule has 0 aliphatic carbocycles. The molecule has 0 N–H and O–H groups in total. The SMILES string of the molecule is CCOC(=O)C1=C(C)N=c2s/c(=C\c3cc(OC)c(OC)cc3[N+](=O)[O-])c(=O)n2[C@@H]1c1ccccc1Cl. The lowest BCUT2D eigenvalue weighted by atomic mass is 9.96. The van der Waals surface area contributed by atoms with E-state index in [1.807, 2.05) is 0 Å². The summed E-state index contributed by atoms with van der Waals surface area (Å²) in [5.74, 6) is -0.166. The first-order chi connectivity index (χ1) is 17.7. The van der Waals surface area contributed by atoms with Gasteiger partial charge in [-0.05, 0) is 37.6 Å². The minimum atomic E-state index is -0.897. The van der Waals surface area contributed by atoms with Crippen LogP contribution in [0.15, 0.2) is 57.5 Å². The average molecular weight is 544 g/mol. The number of halogens is 1. The second-order valence-electron chi connectivity index (χ2n) is 7.85. The Hall–Kier alpha value is -3.96. The molecule has 1 atom stereocenters. The molecule has 37 heavy (non-hydrogen) atoms. The van der Waals surface area contributed by atoms with E-state index in [0.717, 1.165) is 11.3 Å². The Morgan fingerprint density at radius 2 is 1.92 bits per heavy atom. The van der Waals surface area contributed by atoms with E-state index in [1.165, 1.54) is 37.0 Å². The maximum absolute atomic E-state index is 13.7. The molecule has 10 nitrogen and oxygen atoms in total. The lowest BCUT2D eigenvalue weighted by Crippen LogP contribution is -2.40. The lowest BCUT2D eigenvalue weighted by Gasteiger charge is -2.25. The van der Waals surface area contributed by atoms with Crippen molar-refractivity contribution in [1.82, 2.24) is 4.57 Å². The summed E-state index contributed by atoms with van der Waals surface area (Å²) in [5, 5.41) is 12.1. The molecule has 0 spiro atoms. The van der Waals surface area contributed by atoms with Crippen LogP contribution in [0, 0.1) is 10.1 Å². The molecule has 12 heteroatoms. The Morgan fingerprint density at radius 1 is 1.24 bits per heavy atom. The van der Waals surface area contributed by atoms with Gasteiger partial charge in [-0.3, -0.25) is 19.5 Å². The van der Waals surface area contributed by atoms with Crippen LogP contribution >= 0.6 is 22.9 Å². The number of fused-ring (bicyclic) bond motifs is 1. The topological polar surface area (TPSA) is 122 Å². The standard InChI is InChI=1S/C25H22ClN3O7S/c1-5-36-24(31)21-13(2)27-25-28(22(21)15-8-6-7-9-16(15)26)23(30)20(37-25)11-14-10-18(34-3)19(35-4)12-17(14)29(32)33/h6-12,22H,5H2,1-4H3/b20-11-/t22-/m1/s1. The first-order valence-corrected chi connectivity index (χ1v) is 12.3. The molecule has 0 amide bonds. The zero-order valence-electron chi connectivity index (χ0n) is 20.3. The van der Waals surface area contributed by atoms with Crippen molar-refractivity contribution >= 4 is 40.7 Å². The summed E-state index contributed by atoms with van der Waals surface area (Å²) in [4.78, 5) is 42.7. The zero-order chi connectivity index (χ0) is 26.9. The minimum Gasteiger partial charge on any atom is -0.493 e. The first-order valence-electron chi connectivity index (χ1n) is 11.1. The van der Waals surface area contributed by atoms with E-state index < -0.39 is 22.5 Å². The van der Waals surface area contributed by atoms with E-state index in [9.17, 15) is 19.7 Å². The number of methoxy groups -OCH3 is 2. The van der Waals surface area contributed by atoms with E-state index in [4.69, 9.17) is 25.8 Å². The molecular weight excluding hydrogens is 522 g/mol. The molecule has 1 aliphatic heterocycles. The highest BCUT2D eigenvalue weighted by atomic mass is 35.5. The van der Waals surface area contributed by atoms with Crippen LogP contribution < -0.4 is 24.4 Å². The Labute approximate surface area is 219 Å². The number of esters is 1. The molecule has 0 fully saturated rings. The first kappa shape index (κ1) is 26.1. The largest absolute Gasteiger partial charge is 0.493 e. The van der Waals surface area contributed by atoms with Gasteiger partial charge in [0.2, 0.25) is 0 Å². The van der Waals surface area contributed by atoms with E-state index in [1.54, 1.807) is 38.1 Å². The van der Waals surface area contributed by atoms with Gasteiger partial charge in [-0.2, -0.15) is 0 Å². The molecule has 3 aromatic rings. The number of ether oxygens (including phenoxy) is 3. The van der Waals surface area contributed by atoms with E-state index in [-0.39, 0.29) is 39.5 Å². The monoisotopic (exact) mass is 543 g/mol. The molecule has 2 aromatic carbocycles. The van der Waals surface area contributed by atoms with Crippen LogP contribution in [0.1, 0.15) is 31.0 Å². The van der Waals surface area contributed by atoms with Crippen molar-refractivity contribution in [3.05, 3.63) is 93.6 Å². The minimum absolute atomic E-state index is 0.137. The molecule has 0 saturated carbocycles. The predicted molar refractivity (Wildman–Crippen MR) is 138 cm³/mol. The fourth-order valence-electron chi connectivity index (χ4n) is 4.08. The van der Waals surface area contributed by atoms with Gasteiger partial charge in [-0.1, -0.05) is 41.1 Å². The number of rotatable bonds is 7. The fraction of sp³-hybridized carbons (Fsp3) is 0.240. The summed E-state index contributed by atoms with van der Waals surface area (Å²) in [7, 11) is 2.78. The lowest BCUT2D eigenvalue weighted by molar-refractivity contribution is -0.385. The maximum atomic E-state index is 13.7. The van der Waals surface area contributed by atoms with Gasteiger partial charge in [0, 0.05) is 5.02 Å². The molecule has 4 rings (SSSR count). The molecule has 192 valence electrons. The zero-order valence-corrected chi connectivity index (χ0v) is 21.9. The van der Waals surface area contributed by atoms with Gasteiger partial charge in [0.05, 0.1) is 53.2 Å². The van der Waals surface area contributed by atoms with Crippen LogP contribution in [0.3, 0.4) is 0 Å². The van der Waals surface area contributed by atoms with Gasteiger partial charge in [0.25, 0.3) is 11.2 Å². The Balaban J connectivity index is 2.01. The quantitative estimate of drug-likeness (QED) is 0.254. The van der Waals surface area contributed by atoms with Gasteiger partial charge in [0.15, 0.2) is 16.3 Å². The predicted octanol–water partition coefficient (Wildman–Crippen LogP) is 3.38. The summed E-state index contributed by atoms with van der Waals surface area (Å²) in [5.41, 5.74) is 0.468. The van der Waals surface area contributed by atoms with Crippen LogP contribution in [-0.2, 0) is 9.53 Å². The third-order valence-corrected chi connectivity index (χ3v) is 7.06. The average Bonchev–Trinajstić information content (AvgIpc) is 3.17. The number of thiazole rings is 1. The number of carbonyl (C=O) groups is 1. The highest BCUT2D eigenvalue weighted by molar-refractivity contribution is 7.07. The molecule has 1 aromatic heterocycles. The molecule has 2 heterocycles. The van der Waals surface area contributed by atoms with Crippen LogP contribution in [0.4, 0.5) is 5.69 Å². The fourth-order valence-corrected chi connectivity index (χ4v) is 5.36. The molecular formula is C25H22ClN3O7S. The highest BCUT2D eigenvalue weighted by Crippen LogP contribution is 2.36. The van der Waals surface area contributed by atoms with Crippen molar-refractivity contribution in [1.29, 1.82) is 0 Å². The van der Waals surface area contributed by atoms with E-state index >= 15 is 0 Å². The van der Waals surface area contributed by atoms with Crippen LogP contribution in [0.5, 0.6) is 11.5 Å². The third kappa shape index (κ3) is 4.75. The number of allylic oxidation sites excluding steroid dienone is 1. The second kappa shape index (κ2) is 10.6. The summed E-state index contributed by atoms with van der Waals surface area (Å²) >= 11 is 7.54. The van der Waals surface area contributed by atoms with Crippen molar-refractivity contribution in [3.63, 3.8) is 0 Å². The van der Waals surface area contributed by atoms with Crippen molar-refractivity contribution in [2.75, 3.05) is 20.8 Å². The van der Waals surface area contributed by atoms with Crippen LogP contribution in [-0.4, -0.2) is 36.3 Å². The van der Waals surface area contributed by atoms with Crippen molar-refractivity contribution in [2.24, 2.45) is 4.99 Å². The van der Waals surface area contributed by atoms with E-state index in [2.05, 4.69) is 4.99 Å². The summed E-state index contributed by atoms with van der Waals surface area (Å²) in [6, 6.07) is 8.65. The Kier molecular flexibility index (Phi) is 7.46. The Morgan fingerprint density at radius 3 is 2.54 bits per heavy atom. The number of benzene rings is 2. The number of hydrogen-bond acceptors (Lipinski definition) is 9. The van der Waals surface area contributed by atoms with Gasteiger partial charge in [0.1, 0.15) is 6.04 Å². The third-order valence-electron chi connectivity index (χ3n) is 5.73. The molecule has 0 saturated heterocycles. The maximum Gasteiger partial charge on any atom is 0.338 e. The number of nitro benzene ring substituents is 1. The van der Waals surface area contributed by atoms with Gasteiger partial charge in [-0.25, -0.2) is 9.79 Å². The highest BCUT2D eigenvalue weighted by Gasteiger charge is 2.34.